The lowest BCUT2D eigenvalue weighted by atomic mass is 9.56. The van der Waals surface area contributed by atoms with E-state index in [0.717, 1.165) is 19.3 Å². The summed E-state index contributed by atoms with van der Waals surface area (Å²) in [6, 6.07) is 0. The molecule has 4 aliphatic heterocycles. The van der Waals surface area contributed by atoms with E-state index in [1.165, 1.54) is 30.4 Å². The Morgan fingerprint density at radius 2 is 1.86 bits per heavy atom. The van der Waals surface area contributed by atoms with Crippen LogP contribution in [-0.2, 0) is 19.1 Å². The highest BCUT2D eigenvalue weighted by Gasteiger charge is 2.69. The van der Waals surface area contributed by atoms with E-state index in [1.807, 2.05) is 12.2 Å². The molecule has 4 nitrogen and oxygen atoms in total. The molecule has 4 heterocycles. The Balaban J connectivity index is 1.58. The third-order valence-corrected chi connectivity index (χ3v) is 8.56. The molecule has 148 valence electrons. The molecular formula is C24H28O4. The van der Waals surface area contributed by atoms with Gasteiger partial charge >= 0.3 is 0 Å². The Hall–Kier alpha value is -1.52. The van der Waals surface area contributed by atoms with E-state index in [-0.39, 0.29) is 46.9 Å². The van der Waals surface area contributed by atoms with Crippen LogP contribution in [0.15, 0.2) is 35.5 Å². The van der Waals surface area contributed by atoms with Crippen LogP contribution in [0.3, 0.4) is 0 Å². The molecule has 2 aliphatic carbocycles. The SMILES string of the molecule is CC(C)[C@@]12O[C@@H](C=CC1=O)C1CC3=C(C12)C1(CCCCC1)[C@H]1C=CC(=O)[C@@H]3O1. The Labute approximate surface area is 166 Å². The van der Waals surface area contributed by atoms with Gasteiger partial charge in [-0.25, -0.2) is 0 Å². The Morgan fingerprint density at radius 1 is 1.07 bits per heavy atom. The highest BCUT2D eigenvalue weighted by atomic mass is 16.5. The van der Waals surface area contributed by atoms with Crippen LogP contribution in [-0.4, -0.2) is 35.5 Å². The van der Waals surface area contributed by atoms with E-state index >= 15 is 0 Å². The second-order valence-electron chi connectivity index (χ2n) is 9.95. The molecular weight excluding hydrogens is 352 g/mol. The van der Waals surface area contributed by atoms with Gasteiger partial charge in [0.1, 0.15) is 11.7 Å². The van der Waals surface area contributed by atoms with E-state index in [9.17, 15) is 9.59 Å². The molecule has 6 aliphatic rings. The lowest BCUT2D eigenvalue weighted by Gasteiger charge is -2.53. The Bertz CT molecular complexity index is 856. The number of carbonyl (C=O) groups is 2. The van der Waals surface area contributed by atoms with Gasteiger partial charge in [0.15, 0.2) is 11.6 Å². The summed E-state index contributed by atoms with van der Waals surface area (Å²) in [6.45, 7) is 4.24. The Morgan fingerprint density at radius 3 is 2.61 bits per heavy atom. The molecule has 2 unspecified atom stereocenters. The maximum absolute atomic E-state index is 13.3. The highest BCUT2D eigenvalue weighted by Crippen LogP contribution is 2.67. The predicted octanol–water partition coefficient (Wildman–Crippen LogP) is 3.71. The van der Waals surface area contributed by atoms with Crippen LogP contribution < -0.4 is 0 Å². The minimum absolute atomic E-state index is 0.0285. The molecule has 4 bridgehead atoms. The molecule has 1 saturated carbocycles. The summed E-state index contributed by atoms with van der Waals surface area (Å²) in [5.74, 6) is 0.625. The summed E-state index contributed by atoms with van der Waals surface area (Å²) in [6.07, 6.45) is 13.6. The average Bonchev–Trinajstić information content (AvgIpc) is 3.21. The lowest BCUT2D eigenvalue weighted by molar-refractivity contribution is -0.151. The second kappa shape index (κ2) is 5.54. The van der Waals surface area contributed by atoms with Gasteiger partial charge in [-0.05, 0) is 42.9 Å². The second-order valence-corrected chi connectivity index (χ2v) is 9.95. The van der Waals surface area contributed by atoms with Crippen molar-refractivity contribution in [2.45, 2.75) is 76.3 Å². The van der Waals surface area contributed by atoms with Crippen molar-refractivity contribution in [2.24, 2.45) is 23.2 Å². The van der Waals surface area contributed by atoms with Gasteiger partial charge in [0, 0.05) is 17.3 Å². The maximum atomic E-state index is 13.3. The zero-order chi connectivity index (χ0) is 19.3. The number of fused-ring (bicyclic) bond motifs is 11. The molecule has 0 amide bonds. The third-order valence-electron chi connectivity index (χ3n) is 8.56. The summed E-state index contributed by atoms with van der Waals surface area (Å²) in [7, 11) is 0. The lowest BCUT2D eigenvalue weighted by Crippen LogP contribution is -2.56. The van der Waals surface area contributed by atoms with Gasteiger partial charge in [-0.15, -0.1) is 0 Å². The van der Waals surface area contributed by atoms with Crippen LogP contribution in [0.2, 0.25) is 0 Å². The first-order chi connectivity index (χ1) is 13.5. The van der Waals surface area contributed by atoms with Crippen molar-refractivity contribution in [3.05, 3.63) is 35.5 Å². The topological polar surface area (TPSA) is 52.6 Å². The van der Waals surface area contributed by atoms with Crippen LogP contribution in [0.1, 0.15) is 52.4 Å². The fourth-order valence-electron chi connectivity index (χ4n) is 7.47. The summed E-state index contributed by atoms with van der Waals surface area (Å²) >= 11 is 0. The monoisotopic (exact) mass is 380 g/mol. The molecule has 28 heavy (non-hydrogen) atoms. The summed E-state index contributed by atoms with van der Waals surface area (Å²) in [5.41, 5.74) is 1.75. The van der Waals surface area contributed by atoms with Crippen molar-refractivity contribution in [2.75, 3.05) is 0 Å². The molecule has 2 fully saturated rings. The summed E-state index contributed by atoms with van der Waals surface area (Å²) < 4.78 is 13.0. The molecule has 0 N–H and O–H groups in total. The minimum Gasteiger partial charge on any atom is -0.358 e. The first-order valence-electron chi connectivity index (χ1n) is 11.0. The third kappa shape index (κ3) is 1.85. The number of rotatable bonds is 1. The first-order valence-corrected chi connectivity index (χ1v) is 11.0. The van der Waals surface area contributed by atoms with Crippen LogP contribution in [0.4, 0.5) is 0 Å². The van der Waals surface area contributed by atoms with Crippen LogP contribution in [0, 0.1) is 23.2 Å². The van der Waals surface area contributed by atoms with Gasteiger partial charge < -0.3 is 9.47 Å². The van der Waals surface area contributed by atoms with Crippen molar-refractivity contribution in [3.63, 3.8) is 0 Å². The van der Waals surface area contributed by atoms with E-state index in [1.54, 1.807) is 12.2 Å². The zero-order valence-electron chi connectivity index (χ0n) is 16.6. The summed E-state index contributed by atoms with van der Waals surface area (Å²) in [4.78, 5) is 26.0. The molecule has 0 aromatic rings. The molecule has 4 heteroatoms. The molecule has 0 radical (unpaired) electrons. The van der Waals surface area contributed by atoms with Crippen molar-refractivity contribution in [1.29, 1.82) is 0 Å². The molecule has 0 aromatic heterocycles. The smallest absolute Gasteiger partial charge is 0.188 e. The number of hydrogen-bond donors (Lipinski definition) is 0. The van der Waals surface area contributed by atoms with E-state index in [2.05, 4.69) is 13.8 Å². The maximum Gasteiger partial charge on any atom is 0.188 e. The number of carbonyl (C=O) groups excluding carboxylic acids is 2. The highest BCUT2D eigenvalue weighted by molar-refractivity contribution is 6.00. The van der Waals surface area contributed by atoms with E-state index in [4.69, 9.17) is 9.47 Å². The molecule has 0 aromatic carbocycles. The van der Waals surface area contributed by atoms with Crippen LogP contribution >= 0.6 is 0 Å². The number of ketones is 2. The van der Waals surface area contributed by atoms with Gasteiger partial charge in [-0.2, -0.15) is 0 Å². The molecule has 6 rings (SSSR count). The zero-order valence-corrected chi connectivity index (χ0v) is 16.6. The molecule has 1 spiro atoms. The minimum atomic E-state index is -0.774. The van der Waals surface area contributed by atoms with Crippen molar-refractivity contribution in [1.82, 2.24) is 0 Å². The largest absolute Gasteiger partial charge is 0.358 e. The van der Waals surface area contributed by atoms with Crippen molar-refractivity contribution < 1.29 is 19.1 Å². The Kier molecular flexibility index (Phi) is 3.43. The van der Waals surface area contributed by atoms with Crippen LogP contribution in [0.5, 0.6) is 0 Å². The van der Waals surface area contributed by atoms with Gasteiger partial charge in [0.2, 0.25) is 0 Å². The number of hydrogen-bond acceptors (Lipinski definition) is 4. The van der Waals surface area contributed by atoms with Crippen LogP contribution in [0.25, 0.3) is 0 Å². The quantitative estimate of drug-likeness (QED) is 0.651. The fraction of sp³-hybridized carbons (Fsp3) is 0.667. The molecule has 1 saturated heterocycles. The van der Waals surface area contributed by atoms with Crippen molar-refractivity contribution >= 4 is 11.6 Å². The molecule has 6 atom stereocenters. The predicted molar refractivity (Wildman–Crippen MR) is 104 cm³/mol. The average molecular weight is 380 g/mol. The van der Waals surface area contributed by atoms with Gasteiger partial charge in [-0.3, -0.25) is 9.59 Å². The van der Waals surface area contributed by atoms with E-state index < -0.39 is 11.7 Å². The van der Waals surface area contributed by atoms with Gasteiger partial charge in [-0.1, -0.05) is 50.8 Å². The first kappa shape index (κ1) is 17.3. The van der Waals surface area contributed by atoms with E-state index in [0.29, 0.717) is 0 Å². The fourth-order valence-corrected chi connectivity index (χ4v) is 7.47. The van der Waals surface area contributed by atoms with Gasteiger partial charge in [0.25, 0.3) is 0 Å². The number of ether oxygens (including phenoxy) is 2. The standard InChI is InChI=1S/C24H28O4/c1-13(2)24-18(26)8-7-17(28-24)14-12-15-20(21(14)24)23(10-4-3-5-11-23)19-9-6-16(25)22(15)27-19/h6-9,13-14,17,19,21-22H,3-5,10-12H2,1-2H3/t14?,17-,19+,21?,22+,24+/m0/s1. The summed E-state index contributed by atoms with van der Waals surface area (Å²) in [5, 5.41) is 0. The van der Waals surface area contributed by atoms with Gasteiger partial charge in [0.05, 0.1) is 12.2 Å². The normalized spacial score (nSPS) is 45.2. The van der Waals surface area contributed by atoms with Crippen molar-refractivity contribution in [3.8, 4) is 0 Å².